The molecule has 3 rings (SSSR count). The van der Waals surface area contributed by atoms with Crippen LogP contribution >= 0.6 is 0 Å². The minimum absolute atomic E-state index is 0.0580. The van der Waals surface area contributed by atoms with E-state index in [2.05, 4.69) is 10.6 Å². The smallest absolute Gasteiger partial charge is 0.314 e. The van der Waals surface area contributed by atoms with E-state index in [4.69, 9.17) is 9.47 Å². The fourth-order valence-electron chi connectivity index (χ4n) is 3.11. The lowest BCUT2D eigenvalue weighted by Crippen LogP contribution is -2.35. The van der Waals surface area contributed by atoms with Crippen molar-refractivity contribution in [2.45, 2.75) is 19.3 Å². The van der Waals surface area contributed by atoms with Crippen LogP contribution in [0, 0.1) is 0 Å². The molecule has 0 aliphatic carbocycles. The predicted molar refractivity (Wildman–Crippen MR) is 109 cm³/mol. The Morgan fingerprint density at radius 2 is 1.76 bits per heavy atom. The summed E-state index contributed by atoms with van der Waals surface area (Å²) in [5.41, 5.74) is 1.45. The molecule has 29 heavy (non-hydrogen) atoms. The SMILES string of the molecule is COc1ccc(OC)c(NC(=O)C(=O)Nc2cccc(N3CCCCC3=O)c2)c1. The Bertz CT molecular complexity index is 928. The molecular weight excluding hydrogens is 374 g/mol. The average Bonchev–Trinajstić information content (AvgIpc) is 2.74. The van der Waals surface area contributed by atoms with Crippen molar-refractivity contribution in [1.29, 1.82) is 0 Å². The van der Waals surface area contributed by atoms with Gasteiger partial charge in [-0.25, -0.2) is 0 Å². The molecule has 3 amide bonds. The van der Waals surface area contributed by atoms with Crippen molar-refractivity contribution in [2.24, 2.45) is 0 Å². The van der Waals surface area contributed by atoms with E-state index >= 15 is 0 Å². The summed E-state index contributed by atoms with van der Waals surface area (Å²) in [7, 11) is 2.96. The van der Waals surface area contributed by atoms with Crippen LogP contribution in [-0.4, -0.2) is 38.5 Å². The second-order valence-electron chi connectivity index (χ2n) is 6.53. The summed E-state index contributed by atoms with van der Waals surface area (Å²) >= 11 is 0. The molecule has 0 unspecified atom stereocenters. The van der Waals surface area contributed by atoms with Gasteiger partial charge in [0.1, 0.15) is 11.5 Å². The van der Waals surface area contributed by atoms with E-state index in [1.807, 2.05) is 0 Å². The second kappa shape index (κ2) is 9.09. The molecule has 1 aliphatic rings. The van der Waals surface area contributed by atoms with Gasteiger partial charge >= 0.3 is 11.8 Å². The third-order valence-corrected chi connectivity index (χ3v) is 4.60. The van der Waals surface area contributed by atoms with Gasteiger partial charge in [0.2, 0.25) is 5.91 Å². The summed E-state index contributed by atoms with van der Waals surface area (Å²) in [5, 5.41) is 5.08. The van der Waals surface area contributed by atoms with Crippen molar-refractivity contribution in [3.8, 4) is 11.5 Å². The number of carbonyl (C=O) groups excluding carboxylic acids is 3. The van der Waals surface area contributed by atoms with Gasteiger partial charge in [-0.3, -0.25) is 14.4 Å². The molecule has 1 saturated heterocycles. The van der Waals surface area contributed by atoms with Gasteiger partial charge in [-0.2, -0.15) is 0 Å². The highest BCUT2D eigenvalue weighted by Crippen LogP contribution is 2.29. The Morgan fingerprint density at radius 3 is 2.48 bits per heavy atom. The first-order valence-corrected chi connectivity index (χ1v) is 9.26. The van der Waals surface area contributed by atoms with Crippen molar-refractivity contribution < 1.29 is 23.9 Å². The van der Waals surface area contributed by atoms with Gasteiger partial charge in [-0.05, 0) is 43.2 Å². The van der Waals surface area contributed by atoms with Gasteiger partial charge in [0, 0.05) is 30.4 Å². The molecule has 1 fully saturated rings. The van der Waals surface area contributed by atoms with Crippen LogP contribution in [0.5, 0.6) is 11.5 Å². The minimum atomic E-state index is -0.851. The normalized spacial score (nSPS) is 13.6. The third kappa shape index (κ3) is 4.84. The first-order valence-electron chi connectivity index (χ1n) is 9.26. The largest absolute Gasteiger partial charge is 0.497 e. The predicted octanol–water partition coefficient (Wildman–Crippen LogP) is 2.80. The van der Waals surface area contributed by atoms with Crippen LogP contribution in [0.25, 0.3) is 0 Å². The number of nitrogens with zero attached hydrogens (tertiary/aromatic N) is 1. The molecule has 8 nitrogen and oxygen atoms in total. The van der Waals surface area contributed by atoms with E-state index in [9.17, 15) is 14.4 Å². The molecule has 2 aromatic carbocycles. The molecule has 2 N–H and O–H groups in total. The van der Waals surface area contributed by atoms with E-state index in [0.717, 1.165) is 12.8 Å². The summed E-state index contributed by atoms with van der Waals surface area (Å²) in [6.45, 7) is 0.645. The number of piperidine rings is 1. The topological polar surface area (TPSA) is 97.0 Å². The third-order valence-electron chi connectivity index (χ3n) is 4.60. The highest BCUT2D eigenvalue weighted by atomic mass is 16.5. The standard InChI is InChI=1S/C21H23N3O5/c1-28-16-9-10-18(29-2)17(13-16)23-21(27)20(26)22-14-6-5-7-15(12-14)24-11-4-3-8-19(24)25/h5-7,9-10,12-13H,3-4,8,11H2,1-2H3,(H,22,26)(H,23,27). The molecule has 0 bridgehead atoms. The fourth-order valence-corrected chi connectivity index (χ4v) is 3.11. The van der Waals surface area contributed by atoms with Crippen molar-refractivity contribution in [1.82, 2.24) is 0 Å². The van der Waals surface area contributed by atoms with E-state index in [0.29, 0.717) is 41.5 Å². The van der Waals surface area contributed by atoms with Crippen LogP contribution in [0.2, 0.25) is 0 Å². The van der Waals surface area contributed by atoms with Crippen LogP contribution in [0.4, 0.5) is 17.1 Å². The lowest BCUT2D eigenvalue weighted by Gasteiger charge is -2.27. The van der Waals surface area contributed by atoms with Crippen molar-refractivity contribution in [3.63, 3.8) is 0 Å². The molecule has 0 aromatic heterocycles. The summed E-state index contributed by atoms with van der Waals surface area (Å²) in [4.78, 5) is 38.5. The van der Waals surface area contributed by atoms with E-state index in [1.54, 1.807) is 47.4 Å². The molecule has 0 atom stereocenters. The van der Waals surface area contributed by atoms with Crippen molar-refractivity contribution in [2.75, 3.05) is 36.3 Å². The summed E-state index contributed by atoms with van der Waals surface area (Å²) in [6, 6.07) is 11.8. The van der Waals surface area contributed by atoms with Gasteiger partial charge in [0.25, 0.3) is 0 Å². The van der Waals surface area contributed by atoms with Gasteiger partial charge in [-0.15, -0.1) is 0 Å². The highest BCUT2D eigenvalue weighted by Gasteiger charge is 2.21. The summed E-state index contributed by atoms with van der Waals surface area (Å²) < 4.78 is 10.3. The number of hydrogen-bond donors (Lipinski definition) is 2. The molecule has 1 heterocycles. The van der Waals surface area contributed by atoms with Gasteiger partial charge in [0.05, 0.1) is 19.9 Å². The van der Waals surface area contributed by atoms with Crippen LogP contribution in [0.3, 0.4) is 0 Å². The van der Waals surface area contributed by atoms with Gasteiger partial charge in [0.15, 0.2) is 0 Å². The Balaban J connectivity index is 1.69. The van der Waals surface area contributed by atoms with Crippen LogP contribution < -0.4 is 25.0 Å². The molecule has 0 saturated carbocycles. The van der Waals surface area contributed by atoms with Crippen molar-refractivity contribution >= 4 is 34.8 Å². The monoisotopic (exact) mass is 397 g/mol. The number of nitrogens with one attached hydrogen (secondary N) is 2. The first-order chi connectivity index (χ1) is 14.0. The number of methoxy groups -OCH3 is 2. The average molecular weight is 397 g/mol. The maximum atomic E-state index is 12.3. The maximum Gasteiger partial charge on any atom is 0.314 e. The fraction of sp³-hybridized carbons (Fsp3) is 0.286. The number of benzene rings is 2. The Labute approximate surface area is 168 Å². The number of rotatable bonds is 5. The Hall–Kier alpha value is -3.55. The summed E-state index contributed by atoms with van der Waals surface area (Å²) in [6.07, 6.45) is 2.34. The number of hydrogen-bond acceptors (Lipinski definition) is 5. The number of anilines is 3. The molecule has 0 spiro atoms. The molecule has 2 aromatic rings. The van der Waals surface area contributed by atoms with Crippen LogP contribution in [0.15, 0.2) is 42.5 Å². The van der Waals surface area contributed by atoms with E-state index in [-0.39, 0.29) is 5.91 Å². The van der Waals surface area contributed by atoms with Gasteiger partial charge in [-0.1, -0.05) is 6.07 Å². The van der Waals surface area contributed by atoms with Crippen molar-refractivity contribution in [3.05, 3.63) is 42.5 Å². The second-order valence-corrected chi connectivity index (χ2v) is 6.53. The Morgan fingerprint density at radius 1 is 0.966 bits per heavy atom. The van der Waals surface area contributed by atoms with Crippen LogP contribution in [-0.2, 0) is 14.4 Å². The minimum Gasteiger partial charge on any atom is -0.497 e. The lowest BCUT2D eigenvalue weighted by molar-refractivity contribution is -0.133. The number of carbonyl (C=O) groups is 3. The van der Waals surface area contributed by atoms with E-state index < -0.39 is 11.8 Å². The quantitative estimate of drug-likeness (QED) is 0.757. The number of ether oxygens (including phenoxy) is 2. The first kappa shape index (κ1) is 20.2. The molecule has 8 heteroatoms. The zero-order valence-electron chi connectivity index (χ0n) is 16.4. The molecular formula is C21H23N3O5. The lowest BCUT2D eigenvalue weighted by atomic mass is 10.1. The molecule has 0 radical (unpaired) electrons. The maximum absolute atomic E-state index is 12.3. The molecule has 152 valence electrons. The van der Waals surface area contributed by atoms with E-state index in [1.165, 1.54) is 14.2 Å². The number of amides is 3. The zero-order chi connectivity index (χ0) is 20.8. The Kier molecular flexibility index (Phi) is 6.33. The van der Waals surface area contributed by atoms with Gasteiger partial charge < -0.3 is 25.0 Å². The molecule has 1 aliphatic heterocycles. The zero-order valence-corrected chi connectivity index (χ0v) is 16.4. The highest BCUT2D eigenvalue weighted by molar-refractivity contribution is 6.43. The van der Waals surface area contributed by atoms with Crippen LogP contribution in [0.1, 0.15) is 19.3 Å². The summed E-state index contributed by atoms with van der Waals surface area (Å²) in [5.74, 6) is -0.714.